The lowest BCUT2D eigenvalue weighted by atomic mass is 10.1. The third kappa shape index (κ3) is 3.96. The maximum absolute atomic E-state index is 8.93. The van der Waals surface area contributed by atoms with Gasteiger partial charge in [-0.15, -0.1) is 0 Å². The largest absolute Gasteiger partial charge is 0.391 e. The number of hydrogen-bond donors (Lipinski definition) is 1. The van der Waals surface area contributed by atoms with Gasteiger partial charge in [-0.2, -0.15) is 0 Å². The maximum Gasteiger partial charge on any atom is 0.0738 e. The summed E-state index contributed by atoms with van der Waals surface area (Å²) in [6.45, 7) is 7.93. The third-order valence-corrected chi connectivity index (χ3v) is 4.81. The number of thioether (sulfide) groups is 1. The van der Waals surface area contributed by atoms with Crippen molar-refractivity contribution in [2.45, 2.75) is 13.8 Å². The Morgan fingerprint density at radius 1 is 1.38 bits per heavy atom. The van der Waals surface area contributed by atoms with E-state index in [4.69, 9.17) is 5.11 Å². The van der Waals surface area contributed by atoms with Crippen molar-refractivity contribution < 1.29 is 5.11 Å². The second kappa shape index (κ2) is 6.47. The fourth-order valence-electron chi connectivity index (χ4n) is 1.20. The zero-order chi connectivity index (χ0) is 12.1. The molecule has 0 fully saturated rings. The van der Waals surface area contributed by atoms with Gasteiger partial charge in [0, 0.05) is 13.4 Å². The Morgan fingerprint density at radius 2 is 1.94 bits per heavy atom. The third-order valence-electron chi connectivity index (χ3n) is 2.09. The van der Waals surface area contributed by atoms with Crippen LogP contribution in [-0.4, -0.2) is 11.7 Å². The molecule has 0 spiro atoms. The van der Waals surface area contributed by atoms with Gasteiger partial charge in [0.1, 0.15) is 0 Å². The molecular formula is C13H15IOS. The highest BCUT2D eigenvalue weighted by Crippen LogP contribution is 2.34. The Morgan fingerprint density at radius 3 is 2.44 bits per heavy atom. The van der Waals surface area contributed by atoms with E-state index in [9.17, 15) is 0 Å². The fraction of sp³-hybridized carbons (Fsp3) is 0.231. The minimum absolute atomic E-state index is 0.0276. The molecule has 0 heterocycles. The summed E-state index contributed by atoms with van der Waals surface area (Å²) in [4.78, 5) is 1.95. The van der Waals surface area contributed by atoms with Gasteiger partial charge in [0.05, 0.1) is 6.61 Å². The first-order chi connectivity index (χ1) is 7.54. The minimum atomic E-state index is 0.0276. The predicted octanol–water partition coefficient (Wildman–Crippen LogP) is 4.36. The molecule has 0 amide bonds. The molecule has 0 aliphatic carbocycles. The molecule has 1 N–H and O–H groups in total. The summed E-state index contributed by atoms with van der Waals surface area (Å²) in [5, 5.41) is 8.93. The molecule has 0 aromatic heterocycles. The zero-order valence-electron chi connectivity index (χ0n) is 9.46. The molecule has 0 radical (unpaired) electrons. The molecule has 16 heavy (non-hydrogen) atoms. The van der Waals surface area contributed by atoms with Crippen molar-refractivity contribution in [3.8, 4) is 0 Å². The molecule has 0 unspecified atom stereocenters. The molecule has 0 saturated carbocycles. The lowest BCUT2D eigenvalue weighted by Crippen LogP contribution is -1.85. The van der Waals surface area contributed by atoms with Crippen LogP contribution in [0.25, 0.3) is 3.58 Å². The van der Waals surface area contributed by atoms with Crippen LogP contribution >= 0.6 is 34.4 Å². The Kier molecular flexibility index (Phi) is 5.58. The van der Waals surface area contributed by atoms with Crippen LogP contribution in [0.4, 0.5) is 0 Å². The van der Waals surface area contributed by atoms with Crippen molar-refractivity contribution in [3.63, 3.8) is 0 Å². The number of benzene rings is 1. The van der Waals surface area contributed by atoms with Gasteiger partial charge in [-0.05, 0) is 42.0 Å². The van der Waals surface area contributed by atoms with Crippen molar-refractivity contribution in [2.75, 3.05) is 6.61 Å². The van der Waals surface area contributed by atoms with Crippen LogP contribution < -0.4 is 0 Å². The lowest BCUT2D eigenvalue weighted by molar-refractivity contribution is 0.340. The van der Waals surface area contributed by atoms with E-state index in [1.54, 1.807) is 0 Å². The first kappa shape index (κ1) is 13.8. The Bertz CT molecular complexity index is 406. The molecule has 0 aliphatic heterocycles. The van der Waals surface area contributed by atoms with Crippen LogP contribution in [0.1, 0.15) is 18.1 Å². The number of aryl methyl sites for hydroxylation is 1. The first-order valence-corrected chi connectivity index (χ1v) is 6.84. The van der Waals surface area contributed by atoms with Crippen molar-refractivity contribution in [3.05, 3.63) is 51.8 Å². The first-order valence-electron chi connectivity index (χ1n) is 4.94. The minimum Gasteiger partial charge on any atom is -0.391 e. The van der Waals surface area contributed by atoms with Crippen LogP contribution in [0.5, 0.6) is 0 Å². The summed E-state index contributed by atoms with van der Waals surface area (Å²) >= 11 is 3.87. The molecule has 0 saturated heterocycles. The van der Waals surface area contributed by atoms with Gasteiger partial charge >= 0.3 is 0 Å². The fourth-order valence-corrected chi connectivity index (χ4v) is 2.59. The maximum atomic E-state index is 8.93. The number of halogens is 1. The number of hydrogen-bond acceptors (Lipinski definition) is 2. The highest BCUT2D eigenvalue weighted by atomic mass is 127. The van der Waals surface area contributed by atoms with E-state index in [0.29, 0.717) is 0 Å². The van der Waals surface area contributed by atoms with Crippen LogP contribution in [0.2, 0.25) is 0 Å². The molecular weight excluding hydrogens is 331 g/mol. The van der Waals surface area contributed by atoms with Gasteiger partial charge in [0.25, 0.3) is 0 Å². The summed E-state index contributed by atoms with van der Waals surface area (Å²) in [7, 11) is 0. The number of rotatable bonds is 4. The van der Waals surface area contributed by atoms with Crippen LogP contribution in [0.15, 0.2) is 40.7 Å². The predicted molar refractivity (Wildman–Crippen MR) is 81.6 cm³/mol. The normalized spacial score (nSPS) is 12.2. The van der Waals surface area contributed by atoms with Gasteiger partial charge in [0.15, 0.2) is 0 Å². The zero-order valence-corrected chi connectivity index (χ0v) is 12.4. The monoisotopic (exact) mass is 346 g/mol. The van der Waals surface area contributed by atoms with Crippen molar-refractivity contribution in [1.82, 2.24) is 0 Å². The van der Waals surface area contributed by atoms with Crippen LogP contribution in [0, 0.1) is 6.92 Å². The van der Waals surface area contributed by atoms with Crippen molar-refractivity contribution in [1.29, 1.82) is 0 Å². The van der Waals surface area contributed by atoms with Gasteiger partial charge in [-0.25, -0.2) is 0 Å². The molecule has 1 aromatic carbocycles. The second-order valence-corrected chi connectivity index (χ2v) is 6.01. The van der Waals surface area contributed by atoms with Gasteiger partial charge in [-0.3, -0.25) is 0 Å². The Labute approximate surface area is 115 Å². The molecule has 86 valence electrons. The average molecular weight is 346 g/mol. The van der Waals surface area contributed by atoms with E-state index in [2.05, 4.69) is 60.4 Å². The van der Waals surface area contributed by atoms with Crippen molar-refractivity contribution >= 4 is 37.9 Å². The molecule has 1 nitrogen and oxygen atoms in total. The summed E-state index contributed by atoms with van der Waals surface area (Å²) in [5.74, 6) is 0. The van der Waals surface area contributed by atoms with Gasteiger partial charge in [-0.1, -0.05) is 48.2 Å². The molecule has 0 aliphatic rings. The highest BCUT2D eigenvalue weighted by molar-refractivity contribution is 14.1. The summed E-state index contributed by atoms with van der Waals surface area (Å²) < 4.78 is 1.21. The Hall–Kier alpha value is -0.260. The Balaban J connectivity index is 2.90. The molecule has 0 atom stereocenters. The molecule has 3 heteroatoms. The SMILES string of the molecule is C=C(CO)S/C(C)=C(\I)c1ccc(C)cc1. The number of allylic oxidation sites excluding steroid dienone is 1. The lowest BCUT2D eigenvalue weighted by Gasteiger charge is -2.07. The quantitative estimate of drug-likeness (QED) is 0.818. The van der Waals surface area contributed by atoms with Crippen LogP contribution in [-0.2, 0) is 0 Å². The van der Waals surface area contributed by atoms with Gasteiger partial charge in [0.2, 0.25) is 0 Å². The summed E-state index contributed by atoms with van der Waals surface area (Å²) in [6, 6.07) is 8.44. The van der Waals surface area contributed by atoms with Gasteiger partial charge < -0.3 is 5.11 Å². The van der Waals surface area contributed by atoms with E-state index < -0.39 is 0 Å². The standard InChI is InChI=1S/C13H15IOS/c1-9-4-6-12(7-5-9)13(14)11(3)16-10(2)8-15/h4-7,15H,2,8H2,1,3H3/b13-11-. The van der Waals surface area contributed by atoms with E-state index in [0.717, 1.165) is 4.91 Å². The van der Waals surface area contributed by atoms with E-state index in [1.807, 2.05) is 6.92 Å². The number of aliphatic hydroxyl groups excluding tert-OH is 1. The van der Waals surface area contributed by atoms with E-state index >= 15 is 0 Å². The molecule has 0 bridgehead atoms. The summed E-state index contributed by atoms with van der Waals surface area (Å²) in [6.07, 6.45) is 0. The number of aliphatic hydroxyl groups is 1. The molecule has 1 rings (SSSR count). The van der Waals surface area contributed by atoms with E-state index in [-0.39, 0.29) is 6.61 Å². The second-order valence-electron chi connectivity index (χ2n) is 3.54. The van der Waals surface area contributed by atoms with Crippen molar-refractivity contribution in [2.24, 2.45) is 0 Å². The topological polar surface area (TPSA) is 20.2 Å². The summed E-state index contributed by atoms with van der Waals surface area (Å²) in [5.41, 5.74) is 2.47. The van der Waals surface area contributed by atoms with Crippen LogP contribution in [0.3, 0.4) is 0 Å². The smallest absolute Gasteiger partial charge is 0.0738 e. The average Bonchev–Trinajstić information content (AvgIpc) is 2.28. The highest BCUT2D eigenvalue weighted by Gasteiger charge is 2.04. The molecule has 1 aromatic rings. The van der Waals surface area contributed by atoms with E-state index in [1.165, 1.54) is 31.4 Å².